The fourth-order valence-electron chi connectivity index (χ4n) is 0.490. The molecule has 0 fully saturated rings. The van der Waals surface area contributed by atoms with Gasteiger partial charge in [-0.25, -0.2) is 0 Å². The first-order chi connectivity index (χ1) is 3.72. The monoisotopic (exact) mass is 119 g/mol. The van der Waals surface area contributed by atoms with E-state index in [1.807, 2.05) is 0 Å². The fourth-order valence-corrected chi connectivity index (χ4v) is 0.490. The van der Waals surface area contributed by atoms with Gasteiger partial charge in [0.05, 0.1) is 12.2 Å². The molecular formula is C5H13NO2. The van der Waals surface area contributed by atoms with Gasteiger partial charge in [0.15, 0.2) is 0 Å². The number of hydrogen-bond donors (Lipinski definition) is 2. The van der Waals surface area contributed by atoms with Gasteiger partial charge in [-0.15, -0.1) is 0 Å². The van der Waals surface area contributed by atoms with Crippen LogP contribution in [0.2, 0.25) is 0 Å². The predicted octanol–water partition coefficient (Wildman–Crippen LogP) is -0.659. The van der Waals surface area contributed by atoms with Gasteiger partial charge in [0.25, 0.3) is 0 Å². The Hall–Kier alpha value is -0.120. The molecule has 2 unspecified atom stereocenters. The molecule has 0 spiro atoms. The molecule has 0 bridgehead atoms. The molecule has 0 aromatic rings. The second-order valence-electron chi connectivity index (χ2n) is 1.75. The van der Waals surface area contributed by atoms with Gasteiger partial charge >= 0.3 is 0 Å². The van der Waals surface area contributed by atoms with Crippen molar-refractivity contribution in [1.29, 1.82) is 0 Å². The van der Waals surface area contributed by atoms with Crippen LogP contribution in [-0.4, -0.2) is 31.0 Å². The Bertz CT molecular complexity index is 52.4. The molecule has 0 rings (SSSR count). The maximum absolute atomic E-state index is 8.81. The van der Waals surface area contributed by atoms with E-state index in [0.717, 1.165) is 0 Å². The summed E-state index contributed by atoms with van der Waals surface area (Å²) < 4.78 is 4.79. The topological polar surface area (TPSA) is 55.5 Å². The van der Waals surface area contributed by atoms with Crippen molar-refractivity contribution < 1.29 is 9.84 Å². The van der Waals surface area contributed by atoms with E-state index in [-0.39, 0.29) is 6.10 Å². The van der Waals surface area contributed by atoms with Gasteiger partial charge in [-0.2, -0.15) is 0 Å². The largest absolute Gasteiger partial charge is 0.391 e. The second kappa shape index (κ2) is 3.83. The molecule has 0 aliphatic rings. The summed E-state index contributed by atoms with van der Waals surface area (Å²) in [4.78, 5) is 0. The molecule has 0 amide bonds. The van der Waals surface area contributed by atoms with E-state index in [1.165, 1.54) is 7.11 Å². The lowest BCUT2D eigenvalue weighted by Gasteiger charge is -2.14. The lowest BCUT2D eigenvalue weighted by molar-refractivity contribution is 0.00402. The average Bonchev–Trinajstić information content (AvgIpc) is 1.69. The minimum Gasteiger partial charge on any atom is -0.391 e. The lowest BCUT2D eigenvalue weighted by Crippen LogP contribution is -2.32. The van der Waals surface area contributed by atoms with Gasteiger partial charge in [0.2, 0.25) is 0 Å². The van der Waals surface area contributed by atoms with Gasteiger partial charge in [-0.3, -0.25) is 0 Å². The third-order valence-electron chi connectivity index (χ3n) is 1.07. The summed E-state index contributed by atoms with van der Waals surface area (Å²) in [5.41, 5.74) is 5.20. The number of aliphatic hydroxyl groups is 1. The minimum absolute atomic E-state index is 0.213. The molecule has 0 radical (unpaired) electrons. The molecule has 0 saturated carbocycles. The number of aliphatic hydroxyl groups excluding tert-OH is 1. The van der Waals surface area contributed by atoms with Crippen molar-refractivity contribution in [2.24, 2.45) is 5.73 Å². The van der Waals surface area contributed by atoms with Gasteiger partial charge in [-0.05, 0) is 6.92 Å². The molecule has 50 valence electrons. The zero-order chi connectivity index (χ0) is 6.57. The van der Waals surface area contributed by atoms with Gasteiger partial charge in [0.1, 0.15) is 0 Å². The van der Waals surface area contributed by atoms with Crippen molar-refractivity contribution >= 4 is 0 Å². The summed E-state index contributed by atoms with van der Waals surface area (Å²) in [5.74, 6) is 0. The zero-order valence-corrected chi connectivity index (χ0v) is 5.29. The lowest BCUT2D eigenvalue weighted by atomic mass is 10.2. The molecule has 0 heterocycles. The Morgan fingerprint density at radius 2 is 2.25 bits per heavy atom. The third kappa shape index (κ3) is 2.26. The highest BCUT2D eigenvalue weighted by Crippen LogP contribution is 1.92. The number of hydrogen-bond acceptors (Lipinski definition) is 3. The Labute approximate surface area is 49.4 Å². The van der Waals surface area contributed by atoms with E-state index in [0.29, 0.717) is 6.54 Å². The van der Waals surface area contributed by atoms with Crippen LogP contribution in [0.25, 0.3) is 0 Å². The van der Waals surface area contributed by atoms with Crippen LogP contribution in [0.4, 0.5) is 0 Å². The first-order valence-corrected chi connectivity index (χ1v) is 2.63. The van der Waals surface area contributed by atoms with Crippen molar-refractivity contribution in [1.82, 2.24) is 0 Å². The number of rotatable bonds is 3. The van der Waals surface area contributed by atoms with Crippen LogP contribution in [0.1, 0.15) is 6.92 Å². The predicted molar refractivity (Wildman–Crippen MR) is 31.5 cm³/mol. The molecule has 0 saturated heterocycles. The van der Waals surface area contributed by atoms with Crippen molar-refractivity contribution in [3.63, 3.8) is 0 Å². The van der Waals surface area contributed by atoms with Crippen LogP contribution >= 0.6 is 0 Å². The van der Waals surface area contributed by atoms with Crippen LogP contribution in [0.3, 0.4) is 0 Å². The Morgan fingerprint density at radius 1 is 1.75 bits per heavy atom. The summed E-state index contributed by atoms with van der Waals surface area (Å²) in [5, 5.41) is 8.81. The number of methoxy groups -OCH3 is 1. The molecule has 3 N–H and O–H groups in total. The maximum atomic E-state index is 8.81. The summed E-state index contributed by atoms with van der Waals surface area (Å²) in [6.45, 7) is 2.02. The highest BCUT2D eigenvalue weighted by atomic mass is 16.5. The van der Waals surface area contributed by atoms with Crippen molar-refractivity contribution in [3.05, 3.63) is 0 Å². The third-order valence-corrected chi connectivity index (χ3v) is 1.07. The van der Waals surface area contributed by atoms with Crippen LogP contribution in [0.5, 0.6) is 0 Å². The summed E-state index contributed by atoms with van der Waals surface area (Å²) in [6.07, 6.45) is -0.681. The molecule has 8 heavy (non-hydrogen) atoms. The van der Waals surface area contributed by atoms with Crippen LogP contribution < -0.4 is 5.73 Å². The van der Waals surface area contributed by atoms with Gasteiger partial charge in [-0.1, -0.05) is 0 Å². The number of ether oxygens (including phenoxy) is 1. The smallest absolute Gasteiger partial charge is 0.0949 e. The summed E-state index contributed by atoms with van der Waals surface area (Å²) >= 11 is 0. The molecule has 3 heteroatoms. The van der Waals surface area contributed by atoms with Crippen molar-refractivity contribution in [3.8, 4) is 0 Å². The van der Waals surface area contributed by atoms with Crippen LogP contribution in [-0.2, 0) is 4.74 Å². The second-order valence-corrected chi connectivity index (χ2v) is 1.75. The Balaban J connectivity index is 3.35. The maximum Gasteiger partial charge on any atom is 0.0949 e. The quantitative estimate of drug-likeness (QED) is 0.518. The molecule has 0 aliphatic heterocycles. The Kier molecular flexibility index (Phi) is 3.77. The highest BCUT2D eigenvalue weighted by Gasteiger charge is 2.09. The van der Waals surface area contributed by atoms with Crippen LogP contribution in [0.15, 0.2) is 0 Å². The van der Waals surface area contributed by atoms with Crippen LogP contribution in [0, 0.1) is 0 Å². The van der Waals surface area contributed by atoms with Crippen molar-refractivity contribution in [2.75, 3.05) is 13.7 Å². The summed E-state index contributed by atoms with van der Waals surface area (Å²) in [7, 11) is 1.53. The minimum atomic E-state index is -0.468. The molecule has 0 aromatic heterocycles. The van der Waals surface area contributed by atoms with E-state index in [4.69, 9.17) is 15.6 Å². The molecule has 2 atom stereocenters. The van der Waals surface area contributed by atoms with Crippen molar-refractivity contribution in [2.45, 2.75) is 19.1 Å². The van der Waals surface area contributed by atoms with Gasteiger partial charge < -0.3 is 15.6 Å². The van der Waals surface area contributed by atoms with E-state index in [1.54, 1.807) is 6.92 Å². The Morgan fingerprint density at radius 3 is 2.25 bits per heavy atom. The van der Waals surface area contributed by atoms with E-state index >= 15 is 0 Å². The van der Waals surface area contributed by atoms with E-state index in [2.05, 4.69) is 0 Å². The SMILES string of the molecule is COC(CN)C(C)O. The first kappa shape index (κ1) is 7.88. The zero-order valence-electron chi connectivity index (χ0n) is 5.29. The molecule has 3 nitrogen and oxygen atoms in total. The number of nitrogens with two attached hydrogens (primary N) is 1. The molecule has 0 aliphatic carbocycles. The standard InChI is InChI=1S/C5H13NO2/c1-4(7)5(3-6)8-2/h4-5,7H,3,6H2,1-2H3. The highest BCUT2D eigenvalue weighted by molar-refractivity contribution is 4.62. The summed E-state index contributed by atoms with van der Waals surface area (Å²) in [6, 6.07) is 0. The first-order valence-electron chi connectivity index (χ1n) is 2.63. The van der Waals surface area contributed by atoms with E-state index in [9.17, 15) is 0 Å². The molecule has 0 aromatic carbocycles. The van der Waals surface area contributed by atoms with E-state index < -0.39 is 6.10 Å². The van der Waals surface area contributed by atoms with Gasteiger partial charge in [0, 0.05) is 13.7 Å². The normalized spacial score (nSPS) is 18.0. The average molecular weight is 119 g/mol. The fraction of sp³-hybridized carbons (Fsp3) is 1.00. The molecular weight excluding hydrogens is 106 g/mol.